The molecule has 0 saturated heterocycles. The van der Waals surface area contributed by atoms with E-state index in [4.69, 9.17) is 5.73 Å². The lowest BCUT2D eigenvalue weighted by atomic mass is 10.0. The van der Waals surface area contributed by atoms with Gasteiger partial charge in [0.2, 0.25) is 0 Å². The molecule has 70 valence electrons. The van der Waals surface area contributed by atoms with E-state index in [0.29, 0.717) is 6.04 Å². The molecule has 0 aromatic heterocycles. The minimum Gasteiger partial charge on any atom is -0.327 e. The maximum atomic E-state index is 6.15. The van der Waals surface area contributed by atoms with Crippen molar-refractivity contribution in [2.45, 2.75) is 51.5 Å². The molecule has 2 aliphatic carbocycles. The van der Waals surface area contributed by atoms with E-state index in [9.17, 15) is 0 Å². The molecule has 3 unspecified atom stereocenters. The van der Waals surface area contributed by atoms with Crippen LogP contribution in [0.25, 0.3) is 0 Å². The zero-order chi connectivity index (χ0) is 8.55. The van der Waals surface area contributed by atoms with Crippen LogP contribution >= 0.6 is 0 Å². The first-order chi connectivity index (χ1) is 5.84. The van der Waals surface area contributed by atoms with E-state index < -0.39 is 0 Å². The van der Waals surface area contributed by atoms with Crippen LogP contribution in [0.5, 0.6) is 0 Å². The summed E-state index contributed by atoms with van der Waals surface area (Å²) >= 11 is 0. The summed E-state index contributed by atoms with van der Waals surface area (Å²) in [5, 5.41) is 0. The van der Waals surface area contributed by atoms with E-state index in [2.05, 4.69) is 6.92 Å². The molecular weight excluding hydrogens is 146 g/mol. The Balaban J connectivity index is 1.83. The van der Waals surface area contributed by atoms with Crippen LogP contribution in [-0.2, 0) is 0 Å². The second kappa shape index (κ2) is 3.37. The highest BCUT2D eigenvalue weighted by molar-refractivity contribution is 5.03. The molecule has 2 fully saturated rings. The Morgan fingerprint density at radius 2 is 1.83 bits per heavy atom. The standard InChI is InChI=1S/C11H21N/c1-2-5-10(12)11-8-6-3-4-7-9(8)11/h8-11H,2-7,12H2,1H3. The van der Waals surface area contributed by atoms with Gasteiger partial charge in [-0.25, -0.2) is 0 Å². The van der Waals surface area contributed by atoms with Crippen LogP contribution in [0.1, 0.15) is 45.4 Å². The lowest BCUT2D eigenvalue weighted by molar-refractivity contribution is 0.480. The first kappa shape index (κ1) is 8.55. The molecule has 2 rings (SSSR count). The van der Waals surface area contributed by atoms with E-state index in [-0.39, 0.29) is 0 Å². The lowest BCUT2D eigenvalue weighted by Crippen LogP contribution is -2.23. The number of hydrogen-bond donors (Lipinski definition) is 1. The van der Waals surface area contributed by atoms with Crippen LogP contribution < -0.4 is 5.73 Å². The Morgan fingerprint density at radius 3 is 2.33 bits per heavy atom. The van der Waals surface area contributed by atoms with Gasteiger partial charge in [0.15, 0.2) is 0 Å². The quantitative estimate of drug-likeness (QED) is 0.687. The van der Waals surface area contributed by atoms with Gasteiger partial charge >= 0.3 is 0 Å². The van der Waals surface area contributed by atoms with E-state index >= 15 is 0 Å². The normalized spacial score (nSPS) is 42.0. The highest BCUT2D eigenvalue weighted by Gasteiger charge is 2.52. The zero-order valence-electron chi connectivity index (χ0n) is 8.13. The maximum Gasteiger partial charge on any atom is 0.00725 e. The van der Waals surface area contributed by atoms with Crippen LogP contribution in [0.2, 0.25) is 0 Å². The molecular formula is C11H21N. The third-order valence-electron chi connectivity index (χ3n) is 3.84. The third-order valence-corrected chi connectivity index (χ3v) is 3.84. The summed E-state index contributed by atoms with van der Waals surface area (Å²) in [6.45, 7) is 2.24. The smallest absolute Gasteiger partial charge is 0.00725 e. The minimum absolute atomic E-state index is 0.531. The topological polar surface area (TPSA) is 26.0 Å². The fourth-order valence-corrected chi connectivity index (χ4v) is 3.21. The predicted octanol–water partition coefficient (Wildman–Crippen LogP) is 2.55. The van der Waals surface area contributed by atoms with Crippen molar-refractivity contribution >= 4 is 0 Å². The fourth-order valence-electron chi connectivity index (χ4n) is 3.21. The molecule has 12 heavy (non-hydrogen) atoms. The van der Waals surface area contributed by atoms with Gasteiger partial charge in [0.1, 0.15) is 0 Å². The Hall–Kier alpha value is -0.0400. The summed E-state index contributed by atoms with van der Waals surface area (Å²) in [5.74, 6) is 3.01. The van der Waals surface area contributed by atoms with E-state index in [0.717, 1.165) is 17.8 Å². The number of fused-ring (bicyclic) bond motifs is 1. The number of rotatable bonds is 3. The van der Waals surface area contributed by atoms with Gasteiger partial charge in [-0.3, -0.25) is 0 Å². The highest BCUT2D eigenvalue weighted by Crippen LogP contribution is 2.57. The summed E-state index contributed by atoms with van der Waals surface area (Å²) in [4.78, 5) is 0. The van der Waals surface area contributed by atoms with Gasteiger partial charge < -0.3 is 5.73 Å². The molecule has 1 nitrogen and oxygen atoms in total. The second-order valence-corrected chi connectivity index (χ2v) is 4.64. The summed E-state index contributed by atoms with van der Waals surface area (Å²) in [7, 11) is 0. The predicted molar refractivity (Wildman–Crippen MR) is 51.8 cm³/mol. The van der Waals surface area contributed by atoms with Crippen molar-refractivity contribution in [1.29, 1.82) is 0 Å². The number of nitrogens with two attached hydrogens (primary N) is 1. The molecule has 0 amide bonds. The number of hydrogen-bond acceptors (Lipinski definition) is 1. The largest absolute Gasteiger partial charge is 0.327 e. The maximum absolute atomic E-state index is 6.15. The summed E-state index contributed by atoms with van der Waals surface area (Å²) in [6, 6.07) is 0.531. The minimum atomic E-state index is 0.531. The highest BCUT2D eigenvalue weighted by atomic mass is 14.7. The van der Waals surface area contributed by atoms with Crippen molar-refractivity contribution in [3.63, 3.8) is 0 Å². The van der Waals surface area contributed by atoms with Gasteiger partial charge in [-0.05, 0) is 37.0 Å². The van der Waals surface area contributed by atoms with E-state index in [1.165, 1.54) is 38.5 Å². The molecule has 0 aliphatic heterocycles. The fraction of sp³-hybridized carbons (Fsp3) is 1.00. The van der Waals surface area contributed by atoms with Gasteiger partial charge in [-0.2, -0.15) is 0 Å². The third kappa shape index (κ3) is 1.39. The Bertz CT molecular complexity index is 143. The van der Waals surface area contributed by atoms with E-state index in [1.807, 2.05) is 0 Å². The van der Waals surface area contributed by atoms with Crippen molar-refractivity contribution in [1.82, 2.24) is 0 Å². The Morgan fingerprint density at radius 1 is 1.25 bits per heavy atom. The van der Waals surface area contributed by atoms with Crippen LogP contribution in [0.15, 0.2) is 0 Å². The lowest BCUT2D eigenvalue weighted by Gasteiger charge is -2.08. The van der Waals surface area contributed by atoms with Gasteiger partial charge in [-0.1, -0.05) is 26.2 Å². The molecule has 0 spiro atoms. The van der Waals surface area contributed by atoms with Crippen molar-refractivity contribution in [2.24, 2.45) is 23.5 Å². The molecule has 2 N–H and O–H groups in total. The van der Waals surface area contributed by atoms with Gasteiger partial charge in [0, 0.05) is 6.04 Å². The Kier molecular flexibility index (Phi) is 2.40. The Labute approximate surface area is 75.7 Å². The molecule has 1 heteroatoms. The molecule has 2 saturated carbocycles. The summed E-state index contributed by atoms with van der Waals surface area (Å²) in [5.41, 5.74) is 6.15. The van der Waals surface area contributed by atoms with Gasteiger partial charge in [0.05, 0.1) is 0 Å². The van der Waals surface area contributed by atoms with Crippen molar-refractivity contribution in [3.05, 3.63) is 0 Å². The van der Waals surface area contributed by atoms with Crippen molar-refractivity contribution < 1.29 is 0 Å². The van der Waals surface area contributed by atoms with Crippen LogP contribution in [0.3, 0.4) is 0 Å². The van der Waals surface area contributed by atoms with Crippen LogP contribution in [-0.4, -0.2) is 6.04 Å². The molecule has 0 bridgehead atoms. The van der Waals surface area contributed by atoms with Crippen LogP contribution in [0, 0.1) is 17.8 Å². The first-order valence-corrected chi connectivity index (χ1v) is 5.60. The second-order valence-electron chi connectivity index (χ2n) is 4.64. The average Bonchev–Trinajstić information content (AvgIpc) is 2.78. The van der Waals surface area contributed by atoms with Crippen LogP contribution in [0.4, 0.5) is 0 Å². The average molecular weight is 167 g/mol. The molecule has 2 aliphatic rings. The van der Waals surface area contributed by atoms with Crippen molar-refractivity contribution in [3.8, 4) is 0 Å². The molecule has 3 atom stereocenters. The molecule has 0 aromatic rings. The summed E-state index contributed by atoms with van der Waals surface area (Å²) in [6.07, 6.45) is 8.40. The monoisotopic (exact) mass is 167 g/mol. The zero-order valence-corrected chi connectivity index (χ0v) is 8.13. The van der Waals surface area contributed by atoms with Gasteiger partial charge in [-0.15, -0.1) is 0 Å². The SMILES string of the molecule is CCCC(N)C1C2CCCCC21. The molecule has 0 aromatic carbocycles. The summed E-state index contributed by atoms with van der Waals surface area (Å²) < 4.78 is 0. The van der Waals surface area contributed by atoms with Gasteiger partial charge in [0.25, 0.3) is 0 Å². The van der Waals surface area contributed by atoms with Crippen molar-refractivity contribution in [2.75, 3.05) is 0 Å². The van der Waals surface area contributed by atoms with E-state index in [1.54, 1.807) is 0 Å². The molecule has 0 radical (unpaired) electrons. The molecule has 0 heterocycles. The first-order valence-electron chi connectivity index (χ1n) is 5.60.